The average molecular weight is 268 g/mol. The van der Waals surface area contributed by atoms with Gasteiger partial charge in [0.2, 0.25) is 0 Å². The summed E-state index contributed by atoms with van der Waals surface area (Å²) in [5.41, 5.74) is 0. The fourth-order valence-corrected chi connectivity index (χ4v) is 3.58. The lowest BCUT2D eigenvalue weighted by atomic mass is 9.90. The zero-order chi connectivity index (χ0) is 13.1. The highest BCUT2D eigenvalue weighted by molar-refractivity contribution is 5.81. The van der Waals surface area contributed by atoms with E-state index >= 15 is 0 Å². The molecular formula is C14H24N2O3. The van der Waals surface area contributed by atoms with Crippen LogP contribution in [0.2, 0.25) is 0 Å². The van der Waals surface area contributed by atoms with Gasteiger partial charge in [0, 0.05) is 12.6 Å². The monoisotopic (exact) mass is 268 g/mol. The van der Waals surface area contributed by atoms with Crippen molar-refractivity contribution in [1.82, 2.24) is 10.2 Å². The van der Waals surface area contributed by atoms with E-state index in [4.69, 9.17) is 9.47 Å². The Morgan fingerprint density at radius 3 is 2.89 bits per heavy atom. The van der Waals surface area contributed by atoms with Gasteiger partial charge in [-0.2, -0.15) is 0 Å². The van der Waals surface area contributed by atoms with Crippen molar-refractivity contribution in [2.75, 3.05) is 39.5 Å². The summed E-state index contributed by atoms with van der Waals surface area (Å²) in [5.74, 6) is 0.762. The molecule has 1 amide bonds. The van der Waals surface area contributed by atoms with E-state index in [1.54, 1.807) is 0 Å². The number of carbonyl (C=O) groups excluding carboxylic acids is 1. The van der Waals surface area contributed by atoms with Crippen molar-refractivity contribution in [2.45, 2.75) is 37.8 Å². The summed E-state index contributed by atoms with van der Waals surface area (Å²) in [6.45, 7) is 4.64. The fourth-order valence-electron chi connectivity index (χ4n) is 3.58. The highest BCUT2D eigenvalue weighted by Crippen LogP contribution is 2.29. The minimum Gasteiger partial charge on any atom is -0.376 e. The highest BCUT2D eigenvalue weighted by atomic mass is 16.6. The number of rotatable bonds is 2. The quantitative estimate of drug-likeness (QED) is 0.787. The van der Waals surface area contributed by atoms with E-state index in [0.29, 0.717) is 31.8 Å². The maximum absolute atomic E-state index is 12.6. The van der Waals surface area contributed by atoms with Crippen molar-refractivity contribution in [3.63, 3.8) is 0 Å². The third-order valence-electron chi connectivity index (χ3n) is 4.55. The minimum absolute atomic E-state index is 0.146. The Labute approximate surface area is 114 Å². The number of nitrogens with zero attached hydrogens (tertiary/aromatic N) is 1. The van der Waals surface area contributed by atoms with Crippen LogP contribution in [0, 0.1) is 5.92 Å². The molecule has 0 aliphatic carbocycles. The van der Waals surface area contributed by atoms with Crippen LogP contribution in [0.5, 0.6) is 0 Å². The fraction of sp³-hybridized carbons (Fsp3) is 0.929. The molecule has 3 saturated heterocycles. The molecule has 3 fully saturated rings. The number of piperidine rings is 1. The molecule has 0 aromatic heterocycles. The second-order valence-electron chi connectivity index (χ2n) is 5.78. The van der Waals surface area contributed by atoms with Crippen LogP contribution in [0.4, 0.5) is 0 Å². The molecule has 3 aliphatic heterocycles. The second kappa shape index (κ2) is 6.20. The highest BCUT2D eigenvalue weighted by Gasteiger charge is 2.38. The molecule has 3 unspecified atom stereocenters. The van der Waals surface area contributed by atoms with Gasteiger partial charge in [0.15, 0.2) is 6.10 Å². The zero-order valence-electron chi connectivity index (χ0n) is 11.5. The lowest BCUT2D eigenvalue weighted by Crippen LogP contribution is -2.51. The second-order valence-corrected chi connectivity index (χ2v) is 5.78. The van der Waals surface area contributed by atoms with Gasteiger partial charge in [-0.3, -0.25) is 4.79 Å². The van der Waals surface area contributed by atoms with Crippen molar-refractivity contribution in [3.8, 4) is 0 Å². The molecule has 0 spiro atoms. The summed E-state index contributed by atoms with van der Waals surface area (Å²) in [4.78, 5) is 14.6. The Bertz CT molecular complexity index is 312. The topological polar surface area (TPSA) is 50.8 Å². The number of likely N-dealkylation sites (tertiary alicyclic amines) is 1. The Morgan fingerprint density at radius 2 is 2.16 bits per heavy atom. The first-order valence-corrected chi connectivity index (χ1v) is 7.57. The summed E-state index contributed by atoms with van der Waals surface area (Å²) < 4.78 is 10.9. The Balaban J connectivity index is 1.62. The number of hydrogen-bond donors (Lipinski definition) is 1. The van der Waals surface area contributed by atoms with E-state index in [-0.39, 0.29) is 12.0 Å². The van der Waals surface area contributed by atoms with Crippen LogP contribution >= 0.6 is 0 Å². The molecular weight excluding hydrogens is 244 g/mol. The Morgan fingerprint density at radius 1 is 1.21 bits per heavy atom. The predicted octanol–water partition coefficient (Wildman–Crippen LogP) is 0.392. The van der Waals surface area contributed by atoms with Gasteiger partial charge in [-0.1, -0.05) is 0 Å². The summed E-state index contributed by atoms with van der Waals surface area (Å²) in [6, 6.07) is 0.408. The van der Waals surface area contributed by atoms with E-state index in [1.165, 1.54) is 12.8 Å². The summed E-state index contributed by atoms with van der Waals surface area (Å²) >= 11 is 0. The van der Waals surface area contributed by atoms with Crippen molar-refractivity contribution in [3.05, 3.63) is 0 Å². The molecule has 3 atom stereocenters. The van der Waals surface area contributed by atoms with Gasteiger partial charge in [-0.15, -0.1) is 0 Å². The molecule has 0 aromatic rings. The van der Waals surface area contributed by atoms with Crippen molar-refractivity contribution < 1.29 is 14.3 Å². The smallest absolute Gasteiger partial charge is 0.254 e. The van der Waals surface area contributed by atoms with Gasteiger partial charge in [-0.05, 0) is 44.7 Å². The van der Waals surface area contributed by atoms with Gasteiger partial charge in [0.05, 0.1) is 19.8 Å². The van der Waals surface area contributed by atoms with Crippen LogP contribution in [0.3, 0.4) is 0 Å². The molecule has 0 saturated carbocycles. The molecule has 0 bridgehead atoms. The Hall–Kier alpha value is -0.650. The third-order valence-corrected chi connectivity index (χ3v) is 4.55. The van der Waals surface area contributed by atoms with Crippen LogP contribution in [0.1, 0.15) is 25.7 Å². The van der Waals surface area contributed by atoms with Crippen molar-refractivity contribution in [2.24, 2.45) is 5.92 Å². The summed E-state index contributed by atoms with van der Waals surface area (Å²) in [6.07, 6.45) is 4.37. The number of amides is 1. The molecule has 0 aromatic carbocycles. The van der Waals surface area contributed by atoms with Crippen LogP contribution in [0.15, 0.2) is 0 Å². The van der Waals surface area contributed by atoms with Crippen molar-refractivity contribution >= 4 is 5.91 Å². The molecule has 5 nitrogen and oxygen atoms in total. The van der Waals surface area contributed by atoms with Crippen LogP contribution in [-0.4, -0.2) is 62.4 Å². The number of hydrogen-bond acceptors (Lipinski definition) is 4. The van der Waals surface area contributed by atoms with Crippen molar-refractivity contribution in [1.29, 1.82) is 0 Å². The summed E-state index contributed by atoms with van der Waals surface area (Å²) in [7, 11) is 0. The largest absolute Gasteiger partial charge is 0.376 e. The first-order valence-electron chi connectivity index (χ1n) is 7.57. The normalized spacial score (nSPS) is 36.4. The van der Waals surface area contributed by atoms with Gasteiger partial charge in [0.25, 0.3) is 5.91 Å². The molecule has 3 rings (SSSR count). The number of carbonyl (C=O) groups is 1. The molecule has 19 heavy (non-hydrogen) atoms. The van der Waals surface area contributed by atoms with E-state index in [0.717, 1.165) is 32.5 Å². The first kappa shape index (κ1) is 13.3. The summed E-state index contributed by atoms with van der Waals surface area (Å²) in [5, 5.41) is 3.46. The van der Waals surface area contributed by atoms with Crippen LogP contribution < -0.4 is 5.32 Å². The zero-order valence-corrected chi connectivity index (χ0v) is 11.5. The molecule has 5 heteroatoms. The number of nitrogens with one attached hydrogen (secondary N) is 1. The van der Waals surface area contributed by atoms with Gasteiger partial charge >= 0.3 is 0 Å². The van der Waals surface area contributed by atoms with Gasteiger partial charge < -0.3 is 19.7 Å². The SMILES string of the molecule is O=C(C1COCCO1)N1CCCC1C1CCCNC1. The van der Waals surface area contributed by atoms with E-state index in [1.807, 2.05) is 0 Å². The van der Waals surface area contributed by atoms with Crippen LogP contribution in [-0.2, 0) is 14.3 Å². The lowest BCUT2D eigenvalue weighted by Gasteiger charge is -2.36. The first-order chi connectivity index (χ1) is 9.36. The number of ether oxygens (including phenoxy) is 2. The lowest BCUT2D eigenvalue weighted by molar-refractivity contribution is -0.159. The van der Waals surface area contributed by atoms with Gasteiger partial charge in [0.1, 0.15) is 0 Å². The Kier molecular flexibility index (Phi) is 4.35. The maximum Gasteiger partial charge on any atom is 0.254 e. The predicted molar refractivity (Wildman–Crippen MR) is 70.9 cm³/mol. The van der Waals surface area contributed by atoms with E-state index in [2.05, 4.69) is 10.2 Å². The van der Waals surface area contributed by atoms with Crippen LogP contribution in [0.25, 0.3) is 0 Å². The maximum atomic E-state index is 12.6. The average Bonchev–Trinajstić information content (AvgIpc) is 2.98. The molecule has 3 aliphatic rings. The standard InChI is InChI=1S/C14H24N2O3/c17-14(13-10-18-7-8-19-13)16-6-2-4-12(16)11-3-1-5-15-9-11/h11-13,15H,1-10H2. The van der Waals surface area contributed by atoms with E-state index in [9.17, 15) is 4.79 Å². The molecule has 1 N–H and O–H groups in total. The molecule has 108 valence electrons. The minimum atomic E-state index is -0.370. The third kappa shape index (κ3) is 2.93. The molecule has 0 radical (unpaired) electrons. The van der Waals surface area contributed by atoms with E-state index < -0.39 is 0 Å². The molecule has 3 heterocycles. The van der Waals surface area contributed by atoms with Gasteiger partial charge in [-0.25, -0.2) is 0 Å².